The lowest BCUT2D eigenvalue weighted by Gasteiger charge is -2.46. The van der Waals surface area contributed by atoms with Crippen LogP contribution in [0, 0.1) is 11.3 Å². The Labute approximate surface area is 187 Å². The summed E-state index contributed by atoms with van der Waals surface area (Å²) >= 11 is 0. The number of ether oxygens (including phenoxy) is 6. The third-order valence-electron chi connectivity index (χ3n) is 5.23. The van der Waals surface area contributed by atoms with E-state index >= 15 is 0 Å². The van der Waals surface area contributed by atoms with Crippen LogP contribution in [0.15, 0.2) is 12.7 Å². The third kappa shape index (κ3) is 10.7. The van der Waals surface area contributed by atoms with Crippen molar-refractivity contribution in [2.45, 2.75) is 71.2 Å². The molecule has 0 aliphatic carbocycles. The van der Waals surface area contributed by atoms with Crippen LogP contribution in [0.25, 0.3) is 0 Å². The Morgan fingerprint density at radius 2 is 1.65 bits per heavy atom. The van der Waals surface area contributed by atoms with E-state index in [2.05, 4.69) is 34.3 Å². The van der Waals surface area contributed by atoms with E-state index in [1.807, 2.05) is 0 Å². The van der Waals surface area contributed by atoms with Crippen LogP contribution in [-0.2, 0) is 28.4 Å². The summed E-state index contributed by atoms with van der Waals surface area (Å²) in [5.41, 5.74) is -0.128. The lowest BCUT2D eigenvalue weighted by Crippen LogP contribution is -2.57. The van der Waals surface area contributed by atoms with Crippen molar-refractivity contribution in [3.8, 4) is 0 Å². The van der Waals surface area contributed by atoms with Gasteiger partial charge in [-0.15, -0.1) is 6.58 Å². The molecule has 1 aliphatic heterocycles. The first-order valence-electron chi connectivity index (χ1n) is 11.2. The average Bonchev–Trinajstić information content (AvgIpc) is 2.72. The first-order valence-corrected chi connectivity index (χ1v) is 11.2. The minimum absolute atomic E-state index is 0.00291. The Morgan fingerprint density at radius 3 is 2.19 bits per heavy atom. The van der Waals surface area contributed by atoms with Crippen molar-refractivity contribution in [3.05, 3.63) is 12.7 Å². The van der Waals surface area contributed by atoms with Gasteiger partial charge in [0, 0.05) is 19.6 Å². The number of rotatable bonds is 16. The molecular weight excluding hydrogens is 404 g/mol. The fraction of sp³-hybridized carbons (Fsp3) is 0.913. The summed E-state index contributed by atoms with van der Waals surface area (Å²) in [4.78, 5) is 0. The second-order valence-electron chi connectivity index (χ2n) is 9.07. The molecule has 184 valence electrons. The molecule has 4 unspecified atom stereocenters. The molecule has 1 fully saturated rings. The summed E-state index contributed by atoms with van der Waals surface area (Å²) in [6, 6.07) is 0. The fourth-order valence-corrected chi connectivity index (χ4v) is 3.40. The summed E-state index contributed by atoms with van der Waals surface area (Å²) in [6.45, 7) is 14.0. The average molecular weight is 449 g/mol. The monoisotopic (exact) mass is 448 g/mol. The summed E-state index contributed by atoms with van der Waals surface area (Å²) in [5.74, 6) is 0.00291. The molecule has 8 heteroatoms. The van der Waals surface area contributed by atoms with Crippen molar-refractivity contribution >= 4 is 0 Å². The lowest BCUT2D eigenvalue weighted by atomic mass is 9.75. The molecule has 1 rings (SSSR count). The minimum atomic E-state index is -0.775. The summed E-state index contributed by atoms with van der Waals surface area (Å²) in [5, 5.41) is 20.5. The highest BCUT2D eigenvalue weighted by molar-refractivity contribution is 4.92. The van der Waals surface area contributed by atoms with Crippen LogP contribution in [-0.4, -0.2) is 94.3 Å². The van der Waals surface area contributed by atoms with Crippen molar-refractivity contribution in [1.82, 2.24) is 0 Å². The first-order chi connectivity index (χ1) is 14.7. The number of unbranched alkanes of at least 4 members (excludes halogenated alkanes) is 1. The van der Waals surface area contributed by atoms with Crippen LogP contribution >= 0.6 is 0 Å². The molecule has 0 saturated carbocycles. The van der Waals surface area contributed by atoms with Gasteiger partial charge in [0.15, 0.2) is 6.29 Å². The molecule has 2 N–H and O–H groups in total. The number of methoxy groups -OCH3 is 1. The van der Waals surface area contributed by atoms with Gasteiger partial charge < -0.3 is 38.6 Å². The molecule has 1 saturated heterocycles. The predicted molar refractivity (Wildman–Crippen MR) is 118 cm³/mol. The quantitative estimate of drug-likeness (QED) is 0.274. The van der Waals surface area contributed by atoms with Crippen molar-refractivity contribution in [3.63, 3.8) is 0 Å². The molecule has 0 radical (unpaired) electrons. The molecule has 31 heavy (non-hydrogen) atoms. The fourth-order valence-electron chi connectivity index (χ4n) is 3.40. The van der Waals surface area contributed by atoms with Crippen molar-refractivity contribution in [2.24, 2.45) is 11.3 Å². The predicted octanol–water partition coefficient (Wildman–Crippen LogP) is 2.16. The summed E-state index contributed by atoms with van der Waals surface area (Å²) in [6.07, 6.45) is 0.510. The number of aliphatic hydroxyl groups excluding tert-OH is 2. The Kier molecular flexibility index (Phi) is 14.0. The molecule has 6 atom stereocenters. The van der Waals surface area contributed by atoms with Crippen LogP contribution in [0.3, 0.4) is 0 Å². The molecule has 8 nitrogen and oxygen atoms in total. The van der Waals surface area contributed by atoms with E-state index in [0.29, 0.717) is 19.8 Å². The molecule has 0 amide bonds. The molecule has 0 bridgehead atoms. The van der Waals surface area contributed by atoms with Crippen molar-refractivity contribution in [1.29, 1.82) is 0 Å². The van der Waals surface area contributed by atoms with Gasteiger partial charge in [-0.2, -0.15) is 0 Å². The van der Waals surface area contributed by atoms with Crippen molar-refractivity contribution in [2.75, 3.05) is 53.4 Å². The Morgan fingerprint density at radius 1 is 1.03 bits per heavy atom. The Balaban J connectivity index is 2.76. The van der Waals surface area contributed by atoms with Gasteiger partial charge in [0.2, 0.25) is 0 Å². The van der Waals surface area contributed by atoms with E-state index in [1.54, 1.807) is 13.2 Å². The van der Waals surface area contributed by atoms with Gasteiger partial charge in [0.25, 0.3) is 0 Å². The van der Waals surface area contributed by atoms with Crippen LogP contribution in [0.2, 0.25) is 0 Å². The Bertz CT molecular complexity index is 467. The van der Waals surface area contributed by atoms with Crippen LogP contribution in [0.1, 0.15) is 40.5 Å². The zero-order chi connectivity index (χ0) is 23.3. The van der Waals surface area contributed by atoms with Gasteiger partial charge >= 0.3 is 0 Å². The highest BCUT2D eigenvalue weighted by Gasteiger charge is 2.47. The summed E-state index contributed by atoms with van der Waals surface area (Å²) in [7, 11) is 1.55. The zero-order valence-corrected chi connectivity index (χ0v) is 20.0. The number of hydrogen-bond acceptors (Lipinski definition) is 8. The molecule has 0 aromatic rings. The Hall–Kier alpha value is -0.580. The lowest BCUT2D eigenvalue weighted by molar-refractivity contribution is -0.288. The van der Waals surface area contributed by atoms with Gasteiger partial charge in [0.05, 0.1) is 45.7 Å². The molecule has 0 aromatic heterocycles. The smallest absolute Gasteiger partial charge is 0.185 e. The van der Waals surface area contributed by atoms with Crippen LogP contribution in [0.5, 0.6) is 0 Å². The van der Waals surface area contributed by atoms with E-state index in [-0.39, 0.29) is 43.9 Å². The highest BCUT2D eigenvalue weighted by Crippen LogP contribution is 2.37. The maximum atomic E-state index is 10.3. The molecule has 1 aliphatic rings. The third-order valence-corrected chi connectivity index (χ3v) is 5.23. The largest absolute Gasteiger partial charge is 0.388 e. The van der Waals surface area contributed by atoms with E-state index < -0.39 is 24.6 Å². The van der Waals surface area contributed by atoms with Gasteiger partial charge in [-0.25, -0.2) is 0 Å². The maximum Gasteiger partial charge on any atom is 0.185 e. The minimum Gasteiger partial charge on any atom is -0.388 e. The second-order valence-corrected chi connectivity index (χ2v) is 9.07. The first kappa shape index (κ1) is 28.5. The SMILES string of the molecule is C=CCOCC(O)COC1C(OCC(O)COCCCC)[C@H](OC)OC[C@@H]1C(C)(C)C. The van der Waals surface area contributed by atoms with E-state index in [0.717, 1.165) is 12.8 Å². The van der Waals surface area contributed by atoms with Crippen LogP contribution < -0.4 is 0 Å². The molecule has 0 spiro atoms. The topological polar surface area (TPSA) is 95.8 Å². The van der Waals surface area contributed by atoms with Gasteiger partial charge in [-0.3, -0.25) is 0 Å². The molecule has 0 aromatic carbocycles. The van der Waals surface area contributed by atoms with Crippen molar-refractivity contribution < 1.29 is 38.6 Å². The number of hydrogen-bond donors (Lipinski definition) is 2. The standard InChI is InChI=1S/C23H44O8/c1-7-9-11-28-13-18(25)15-30-21-20(29-14-17(24)12-27-10-8-2)19(23(3,4)5)16-31-22(21)26-6/h8,17-22,24-25H,2,7,9-16H2,1,3-6H3/t17?,18?,19-,20?,21?,22+/m0/s1. The van der Waals surface area contributed by atoms with E-state index in [1.165, 1.54) is 0 Å². The summed E-state index contributed by atoms with van der Waals surface area (Å²) < 4.78 is 34.4. The van der Waals surface area contributed by atoms with Gasteiger partial charge in [-0.05, 0) is 11.8 Å². The van der Waals surface area contributed by atoms with E-state index in [9.17, 15) is 10.2 Å². The molecular formula is C23H44O8. The molecule has 1 heterocycles. The van der Waals surface area contributed by atoms with Gasteiger partial charge in [-0.1, -0.05) is 40.2 Å². The van der Waals surface area contributed by atoms with E-state index in [4.69, 9.17) is 28.4 Å². The number of aliphatic hydroxyl groups is 2. The second kappa shape index (κ2) is 15.3. The normalized spacial score (nSPS) is 26.5. The zero-order valence-electron chi connectivity index (χ0n) is 20.0. The van der Waals surface area contributed by atoms with Gasteiger partial charge in [0.1, 0.15) is 18.3 Å². The maximum absolute atomic E-state index is 10.3. The highest BCUT2D eigenvalue weighted by atomic mass is 16.7. The van der Waals surface area contributed by atoms with Crippen LogP contribution in [0.4, 0.5) is 0 Å².